The summed E-state index contributed by atoms with van der Waals surface area (Å²) in [5.41, 5.74) is 13.9. The van der Waals surface area contributed by atoms with Crippen LogP contribution in [0.3, 0.4) is 0 Å². The maximum Gasteiger partial charge on any atom is 0.148 e. The van der Waals surface area contributed by atoms with E-state index in [1.165, 1.54) is 5.56 Å². The third kappa shape index (κ3) is 7.34. The molecule has 1 aliphatic carbocycles. The second-order valence-electron chi connectivity index (χ2n) is 18.4. The maximum absolute atomic E-state index is 12.6. The third-order valence-electron chi connectivity index (χ3n) is 12.4. The Morgan fingerprint density at radius 3 is 2.13 bits per heavy atom. The van der Waals surface area contributed by atoms with Gasteiger partial charge in [-0.25, -0.2) is 4.98 Å². The van der Waals surface area contributed by atoms with Crippen LogP contribution in [0.5, 0.6) is 5.75 Å². The monoisotopic (exact) mass is 968 g/mol. The molecule has 2 aromatic heterocycles. The van der Waals surface area contributed by atoms with E-state index in [0.29, 0.717) is 17.0 Å². The molecule has 0 amide bonds. The first kappa shape index (κ1) is 37.4. The second kappa shape index (κ2) is 15.5. The van der Waals surface area contributed by atoms with Gasteiger partial charge in [-0.05, 0) is 82.5 Å². The predicted molar refractivity (Wildman–Crippen MR) is 245 cm³/mol. The van der Waals surface area contributed by atoms with E-state index in [-0.39, 0.29) is 43.1 Å². The first-order valence-corrected chi connectivity index (χ1v) is 20.6. The Morgan fingerprint density at radius 1 is 0.683 bits per heavy atom. The first-order chi connectivity index (χ1) is 29.4. The van der Waals surface area contributed by atoms with Gasteiger partial charge >= 0.3 is 0 Å². The van der Waals surface area contributed by atoms with Crippen molar-refractivity contribution in [2.45, 2.75) is 84.4 Å². The van der Waals surface area contributed by atoms with Gasteiger partial charge in [0, 0.05) is 48.2 Å². The Labute approximate surface area is 373 Å². The SMILES string of the molecule is [2H]C([2H])([2H])c1ccc(-c2ccnc(-c3[c-]c(-c4cccc5c4nc(-c4ccc6c(c4O)C(C)(C)CCC6(C)C)n5-c4ccccc4-c4ccccc4)cc(C(C)(C)C)c3)c2)cc1.[Pt]. The number of rotatable bonds is 6. The minimum atomic E-state index is -2.17. The molecule has 0 saturated carbocycles. The van der Waals surface area contributed by atoms with Gasteiger partial charge < -0.3 is 5.11 Å². The normalized spacial score (nSPS) is 15.3. The molecule has 4 nitrogen and oxygen atoms in total. The number of imidazole rings is 1. The molecule has 0 atom stereocenters. The smallest absolute Gasteiger partial charge is 0.148 e. The van der Waals surface area contributed by atoms with E-state index in [2.05, 4.69) is 150 Å². The quantitative estimate of drug-likeness (QED) is 0.169. The molecule has 0 radical (unpaired) electrons. The van der Waals surface area contributed by atoms with E-state index < -0.39 is 6.85 Å². The van der Waals surface area contributed by atoms with Crippen LogP contribution in [-0.4, -0.2) is 19.6 Å². The first-order valence-electron chi connectivity index (χ1n) is 22.1. The zero-order valence-electron chi connectivity index (χ0n) is 38.3. The van der Waals surface area contributed by atoms with E-state index in [1.807, 2.05) is 30.3 Å². The number of phenols is 1. The van der Waals surface area contributed by atoms with Gasteiger partial charge in [0.25, 0.3) is 0 Å². The summed E-state index contributed by atoms with van der Waals surface area (Å²) in [6.07, 6.45) is 3.81. The van der Waals surface area contributed by atoms with Gasteiger partial charge in [-0.1, -0.05) is 162 Å². The number of aromatic nitrogens is 3. The van der Waals surface area contributed by atoms with Crippen LogP contribution < -0.4 is 0 Å². The number of aromatic hydroxyl groups is 1. The van der Waals surface area contributed by atoms with E-state index >= 15 is 0 Å². The van der Waals surface area contributed by atoms with E-state index in [4.69, 9.17) is 14.1 Å². The van der Waals surface area contributed by atoms with Gasteiger partial charge in [-0.3, -0.25) is 9.55 Å². The van der Waals surface area contributed by atoms with E-state index in [0.717, 1.165) is 85.3 Å². The van der Waals surface area contributed by atoms with Gasteiger partial charge in [0.05, 0.1) is 22.3 Å². The number of pyridine rings is 1. The third-order valence-corrected chi connectivity index (χ3v) is 12.4. The minimum Gasteiger partial charge on any atom is -0.507 e. The summed E-state index contributed by atoms with van der Waals surface area (Å²) >= 11 is 0. The molecule has 1 aliphatic rings. The minimum absolute atomic E-state index is 0. The zero-order valence-corrected chi connectivity index (χ0v) is 37.6. The average Bonchev–Trinajstić information content (AvgIpc) is 3.64. The summed E-state index contributed by atoms with van der Waals surface area (Å²) in [6.45, 7) is 13.5. The van der Waals surface area contributed by atoms with E-state index in [9.17, 15) is 5.11 Å². The maximum atomic E-state index is 12.6. The number of hydrogen-bond acceptors (Lipinski definition) is 3. The number of phenolic OH excluding ortho intramolecular Hbond substituents is 1. The molecule has 2 heterocycles. The van der Waals surface area contributed by atoms with Gasteiger partial charge in [0.2, 0.25) is 0 Å². The van der Waals surface area contributed by atoms with Gasteiger partial charge in [-0.15, -0.1) is 29.3 Å². The largest absolute Gasteiger partial charge is 0.507 e. The van der Waals surface area contributed by atoms with Crippen molar-refractivity contribution < 1.29 is 30.3 Å². The second-order valence-corrected chi connectivity index (χ2v) is 18.4. The summed E-state index contributed by atoms with van der Waals surface area (Å²) in [6, 6.07) is 48.7. The van der Waals surface area contributed by atoms with Gasteiger partial charge in [0.15, 0.2) is 0 Å². The number of benzene rings is 6. The summed E-state index contributed by atoms with van der Waals surface area (Å²) < 4.78 is 25.7. The Hall–Kier alpha value is -5.57. The van der Waals surface area contributed by atoms with Crippen molar-refractivity contribution in [2.24, 2.45) is 0 Å². The fourth-order valence-corrected chi connectivity index (χ4v) is 8.88. The van der Waals surface area contributed by atoms with Crippen LogP contribution in [0, 0.1) is 12.9 Å². The van der Waals surface area contributed by atoms with Crippen LogP contribution in [0.15, 0.2) is 140 Å². The van der Waals surface area contributed by atoms with Crippen LogP contribution in [0.1, 0.15) is 87.7 Å². The number of fused-ring (bicyclic) bond motifs is 2. The molecule has 9 rings (SSSR count). The molecule has 6 aromatic carbocycles. The zero-order chi connectivity index (χ0) is 43.8. The average molecular weight is 969 g/mol. The molecular formula is C55H52N3OPt-. The van der Waals surface area contributed by atoms with Crippen molar-refractivity contribution in [1.82, 2.24) is 14.5 Å². The molecule has 0 aliphatic heterocycles. The number of hydrogen-bond donors (Lipinski definition) is 1. The summed E-state index contributed by atoms with van der Waals surface area (Å²) in [5.74, 6) is 0.958. The van der Waals surface area contributed by atoms with Crippen LogP contribution >= 0.6 is 0 Å². The molecule has 60 heavy (non-hydrogen) atoms. The van der Waals surface area contributed by atoms with Crippen molar-refractivity contribution in [2.75, 3.05) is 0 Å². The number of aryl methyl sites for hydroxylation is 1. The van der Waals surface area contributed by atoms with Crippen molar-refractivity contribution in [1.29, 1.82) is 0 Å². The van der Waals surface area contributed by atoms with Gasteiger partial charge in [-0.2, -0.15) is 0 Å². The van der Waals surface area contributed by atoms with E-state index in [1.54, 1.807) is 18.3 Å². The van der Waals surface area contributed by atoms with Crippen LogP contribution in [0.2, 0.25) is 0 Å². The molecule has 0 saturated heterocycles. The topological polar surface area (TPSA) is 50.9 Å². The molecule has 304 valence electrons. The predicted octanol–water partition coefficient (Wildman–Crippen LogP) is 14.2. The molecular weight excluding hydrogens is 914 g/mol. The van der Waals surface area contributed by atoms with Gasteiger partial charge in [0.1, 0.15) is 11.6 Å². The van der Waals surface area contributed by atoms with Crippen LogP contribution in [-0.2, 0) is 37.3 Å². The molecule has 8 aromatic rings. The summed E-state index contributed by atoms with van der Waals surface area (Å²) in [4.78, 5) is 10.4. The van der Waals surface area contributed by atoms with Crippen molar-refractivity contribution in [3.63, 3.8) is 0 Å². The van der Waals surface area contributed by atoms with Crippen molar-refractivity contribution >= 4 is 11.0 Å². The molecule has 1 N–H and O–H groups in total. The Morgan fingerprint density at radius 2 is 1.38 bits per heavy atom. The molecule has 0 fully saturated rings. The molecule has 0 unspecified atom stereocenters. The Balaban J connectivity index is 0.00000544. The fraction of sp³-hybridized carbons (Fsp3) is 0.236. The summed E-state index contributed by atoms with van der Waals surface area (Å²) in [5, 5.41) is 12.6. The molecule has 5 heteroatoms. The Bertz CT molecular complexity index is 3000. The molecule has 0 spiro atoms. The number of para-hydroxylation sites is 2. The standard InChI is InChI=1S/C55H52N3O.Pt/c1-35-21-23-36(24-22-35)38-27-30-56-46(34-38)40-31-39(32-41(33-40)53(2,3)4)43-18-14-20-48-50(43)57-52(58(48)47-19-13-12-17-42(47)37-15-10-9-11-16-37)44-25-26-45-49(51(44)59)55(7,8)29-28-54(45,5)6;/h9-27,30,32-34,59H,28-29H2,1-8H3;/q-1;/i1D3;. The van der Waals surface area contributed by atoms with Crippen LogP contribution in [0.25, 0.3) is 72.7 Å². The number of nitrogens with zero attached hydrogens (tertiary/aromatic N) is 3. The molecule has 0 bridgehead atoms. The van der Waals surface area contributed by atoms with Crippen molar-refractivity contribution in [3.8, 4) is 67.5 Å². The fourth-order valence-electron chi connectivity index (χ4n) is 8.88. The summed E-state index contributed by atoms with van der Waals surface area (Å²) in [7, 11) is 0. The Kier molecular flexibility index (Phi) is 9.65. The van der Waals surface area contributed by atoms with Crippen LogP contribution in [0.4, 0.5) is 0 Å². The van der Waals surface area contributed by atoms with Crippen molar-refractivity contribution in [3.05, 3.63) is 168 Å².